The van der Waals surface area contributed by atoms with E-state index >= 15 is 0 Å². The molecule has 0 N–H and O–H groups in total. The highest BCUT2D eigenvalue weighted by molar-refractivity contribution is 7.91. The summed E-state index contributed by atoms with van der Waals surface area (Å²) in [6.45, 7) is 3.38. The first-order valence-corrected chi connectivity index (χ1v) is 7.22. The molecule has 0 spiro atoms. The molecule has 0 amide bonds. The Morgan fingerprint density at radius 1 is 1.33 bits per heavy atom. The molecule has 0 aliphatic heterocycles. The zero-order valence-corrected chi connectivity index (χ0v) is 11.1. The monoisotopic (exact) mass is 274 g/mol. The van der Waals surface area contributed by atoms with Crippen LogP contribution in [-0.2, 0) is 25.8 Å². The lowest BCUT2D eigenvalue weighted by Gasteiger charge is -2.06. The van der Waals surface area contributed by atoms with Gasteiger partial charge in [0.05, 0.1) is 18.8 Å². The van der Waals surface area contributed by atoms with E-state index in [1.807, 2.05) is 0 Å². The molecule has 0 radical (unpaired) electrons. The molecule has 6 heteroatoms. The van der Waals surface area contributed by atoms with Crippen molar-refractivity contribution in [3.05, 3.63) is 29.6 Å². The summed E-state index contributed by atoms with van der Waals surface area (Å²) >= 11 is 0. The van der Waals surface area contributed by atoms with E-state index in [1.54, 1.807) is 6.92 Å². The van der Waals surface area contributed by atoms with E-state index in [9.17, 15) is 17.6 Å². The van der Waals surface area contributed by atoms with Crippen molar-refractivity contribution in [3.63, 3.8) is 0 Å². The van der Waals surface area contributed by atoms with Gasteiger partial charge in [0.25, 0.3) is 0 Å². The van der Waals surface area contributed by atoms with Crippen LogP contribution in [0.4, 0.5) is 4.39 Å². The van der Waals surface area contributed by atoms with Crippen molar-refractivity contribution in [3.8, 4) is 0 Å². The Kier molecular flexibility index (Phi) is 4.84. The van der Waals surface area contributed by atoms with Gasteiger partial charge in [-0.3, -0.25) is 4.79 Å². The van der Waals surface area contributed by atoms with Gasteiger partial charge < -0.3 is 4.74 Å². The molecule has 1 aromatic rings. The van der Waals surface area contributed by atoms with Gasteiger partial charge in [0.15, 0.2) is 9.84 Å². The molecule has 4 nitrogen and oxygen atoms in total. The molecular weight excluding hydrogens is 259 g/mol. The standard InChI is InChI=1S/C12H15FO4S/c1-3-17-12(14)8-9-5-6-11(10(13)7-9)18(15,16)4-2/h5-7H,3-4,8H2,1-2H3. The lowest BCUT2D eigenvalue weighted by Crippen LogP contribution is -2.10. The predicted molar refractivity (Wildman–Crippen MR) is 64.5 cm³/mol. The third-order valence-electron chi connectivity index (χ3n) is 2.37. The summed E-state index contributed by atoms with van der Waals surface area (Å²) in [7, 11) is -3.58. The third-order valence-corrected chi connectivity index (χ3v) is 4.13. The highest BCUT2D eigenvalue weighted by Crippen LogP contribution is 2.18. The quantitative estimate of drug-likeness (QED) is 0.767. The summed E-state index contributed by atoms with van der Waals surface area (Å²) in [4.78, 5) is 10.9. The van der Waals surface area contributed by atoms with E-state index in [0.29, 0.717) is 5.56 Å². The number of benzene rings is 1. The number of esters is 1. The first-order valence-electron chi connectivity index (χ1n) is 5.57. The van der Waals surface area contributed by atoms with Gasteiger partial charge in [0.2, 0.25) is 0 Å². The van der Waals surface area contributed by atoms with E-state index in [2.05, 4.69) is 0 Å². The van der Waals surface area contributed by atoms with Gasteiger partial charge in [0, 0.05) is 0 Å². The van der Waals surface area contributed by atoms with Gasteiger partial charge in [-0.25, -0.2) is 12.8 Å². The van der Waals surface area contributed by atoms with E-state index in [1.165, 1.54) is 19.1 Å². The van der Waals surface area contributed by atoms with Crippen molar-refractivity contribution in [2.75, 3.05) is 12.4 Å². The fraction of sp³-hybridized carbons (Fsp3) is 0.417. The van der Waals surface area contributed by atoms with Gasteiger partial charge in [-0.1, -0.05) is 13.0 Å². The van der Waals surface area contributed by atoms with Crippen LogP contribution in [0.25, 0.3) is 0 Å². The SMILES string of the molecule is CCOC(=O)Cc1ccc(S(=O)(=O)CC)c(F)c1. The minimum atomic E-state index is -3.58. The molecule has 0 aliphatic rings. The summed E-state index contributed by atoms with van der Waals surface area (Å²) in [5.74, 6) is -1.47. The smallest absolute Gasteiger partial charge is 0.310 e. The largest absolute Gasteiger partial charge is 0.466 e. The second-order valence-electron chi connectivity index (χ2n) is 3.65. The predicted octanol–water partition coefficient (Wildman–Crippen LogP) is 1.72. The van der Waals surface area contributed by atoms with Crippen LogP contribution in [0.1, 0.15) is 19.4 Å². The van der Waals surface area contributed by atoms with Crippen molar-refractivity contribution in [2.45, 2.75) is 25.2 Å². The highest BCUT2D eigenvalue weighted by Gasteiger charge is 2.17. The lowest BCUT2D eigenvalue weighted by atomic mass is 10.1. The van der Waals surface area contributed by atoms with E-state index < -0.39 is 21.6 Å². The van der Waals surface area contributed by atoms with Crippen LogP contribution in [0, 0.1) is 5.82 Å². The summed E-state index contributed by atoms with van der Waals surface area (Å²) in [5, 5.41) is 0. The van der Waals surface area contributed by atoms with Crippen LogP contribution in [0.15, 0.2) is 23.1 Å². The lowest BCUT2D eigenvalue weighted by molar-refractivity contribution is -0.142. The Morgan fingerprint density at radius 2 is 2.00 bits per heavy atom. The number of carbonyl (C=O) groups is 1. The zero-order chi connectivity index (χ0) is 13.8. The molecule has 0 bridgehead atoms. The molecule has 100 valence electrons. The number of rotatable bonds is 5. The van der Waals surface area contributed by atoms with Crippen molar-refractivity contribution < 1.29 is 22.3 Å². The number of ether oxygens (including phenoxy) is 1. The number of halogens is 1. The number of carbonyl (C=O) groups excluding carboxylic acids is 1. The fourth-order valence-electron chi connectivity index (χ4n) is 1.44. The van der Waals surface area contributed by atoms with Crippen LogP contribution in [0.5, 0.6) is 0 Å². The first kappa shape index (κ1) is 14.6. The second-order valence-corrected chi connectivity index (χ2v) is 5.90. The molecule has 1 aromatic carbocycles. The average Bonchev–Trinajstić information content (AvgIpc) is 2.29. The summed E-state index contributed by atoms with van der Waals surface area (Å²) < 4.78 is 41.4. The van der Waals surface area contributed by atoms with Crippen LogP contribution < -0.4 is 0 Å². The van der Waals surface area contributed by atoms with Gasteiger partial charge >= 0.3 is 5.97 Å². The number of hydrogen-bond donors (Lipinski definition) is 0. The maximum Gasteiger partial charge on any atom is 0.310 e. The molecule has 0 aliphatic carbocycles. The Bertz CT molecular complexity index is 537. The van der Waals surface area contributed by atoms with Crippen LogP contribution in [0.2, 0.25) is 0 Å². The average molecular weight is 274 g/mol. The molecule has 1 rings (SSSR count). The highest BCUT2D eigenvalue weighted by atomic mass is 32.2. The molecule has 0 saturated carbocycles. The molecule has 0 aromatic heterocycles. The van der Waals surface area contributed by atoms with Gasteiger partial charge in [-0.2, -0.15) is 0 Å². The normalized spacial score (nSPS) is 11.3. The molecule has 0 saturated heterocycles. The van der Waals surface area contributed by atoms with Crippen molar-refractivity contribution >= 4 is 15.8 Å². The molecule has 0 unspecified atom stereocenters. The minimum absolute atomic E-state index is 0.0722. The van der Waals surface area contributed by atoms with Crippen molar-refractivity contribution in [1.82, 2.24) is 0 Å². The fourth-order valence-corrected chi connectivity index (χ4v) is 2.38. The van der Waals surface area contributed by atoms with Crippen molar-refractivity contribution in [2.24, 2.45) is 0 Å². The van der Waals surface area contributed by atoms with E-state index in [0.717, 1.165) is 6.07 Å². The summed E-state index contributed by atoms with van der Waals surface area (Å²) in [5.41, 5.74) is 0.390. The number of hydrogen-bond acceptors (Lipinski definition) is 4. The third kappa shape index (κ3) is 3.53. The van der Waals surface area contributed by atoms with Gasteiger partial charge in [-0.05, 0) is 24.6 Å². The maximum absolute atomic E-state index is 13.6. The first-order chi connectivity index (χ1) is 8.40. The van der Waals surface area contributed by atoms with E-state index in [-0.39, 0.29) is 23.7 Å². The summed E-state index contributed by atoms with van der Waals surface area (Å²) in [6, 6.07) is 3.66. The molecule has 0 heterocycles. The van der Waals surface area contributed by atoms with Crippen LogP contribution in [-0.4, -0.2) is 26.7 Å². The molecule has 0 fully saturated rings. The summed E-state index contributed by atoms with van der Waals surface area (Å²) in [6.07, 6.45) is -0.0722. The Morgan fingerprint density at radius 3 is 2.50 bits per heavy atom. The second kappa shape index (κ2) is 5.95. The topological polar surface area (TPSA) is 60.4 Å². The van der Waals surface area contributed by atoms with Gasteiger partial charge in [-0.15, -0.1) is 0 Å². The van der Waals surface area contributed by atoms with E-state index in [4.69, 9.17) is 4.74 Å². The van der Waals surface area contributed by atoms with Crippen LogP contribution in [0.3, 0.4) is 0 Å². The Balaban J connectivity index is 2.97. The Hall–Kier alpha value is -1.43. The minimum Gasteiger partial charge on any atom is -0.466 e. The maximum atomic E-state index is 13.6. The van der Waals surface area contributed by atoms with Gasteiger partial charge in [0.1, 0.15) is 10.7 Å². The Labute approximate surface area is 106 Å². The number of sulfone groups is 1. The van der Waals surface area contributed by atoms with Crippen LogP contribution >= 0.6 is 0 Å². The zero-order valence-electron chi connectivity index (χ0n) is 10.3. The molecular formula is C12H15FO4S. The van der Waals surface area contributed by atoms with Crippen molar-refractivity contribution in [1.29, 1.82) is 0 Å². The molecule has 0 atom stereocenters. The molecule has 18 heavy (non-hydrogen) atoms.